The Bertz CT molecular complexity index is 1680. The van der Waals surface area contributed by atoms with Gasteiger partial charge in [-0.2, -0.15) is 18.9 Å². The van der Waals surface area contributed by atoms with Gasteiger partial charge in [0.25, 0.3) is 0 Å². The second-order valence-corrected chi connectivity index (χ2v) is 13.2. The molecule has 1 saturated heterocycles. The number of amides is 1. The van der Waals surface area contributed by atoms with Gasteiger partial charge in [0.05, 0.1) is 12.7 Å². The quantitative estimate of drug-likeness (QED) is 0.189. The van der Waals surface area contributed by atoms with Crippen molar-refractivity contribution in [3.05, 3.63) is 88.5 Å². The monoisotopic (exact) mass is 676 g/mol. The molecule has 47 heavy (non-hydrogen) atoms. The van der Waals surface area contributed by atoms with E-state index < -0.39 is 62.5 Å². The van der Waals surface area contributed by atoms with Crippen LogP contribution in [0, 0.1) is 5.92 Å². The standard InChI is InChI=1S/C31H35F2N4O9P/c1-18(2)44-28(40)19(3)36-47(42,46-23-11-5-4-6-12-23)43-17-24-26(38)31(32,33)29(45-24)37-14-13-25(35-30(37)41)34-27(39)22-15-20-9-7-8-10-21(20)16-22/h4-14,18-19,22,24,26,29,38H,15-17H2,1-3H3,(H,36,42)(H,34,35,39,41)/t19?,24-,26-,29?,47?/m1/s1. The average molecular weight is 677 g/mol. The Morgan fingerprint density at radius 2 is 1.72 bits per heavy atom. The zero-order valence-corrected chi connectivity index (χ0v) is 26.6. The predicted molar refractivity (Wildman–Crippen MR) is 164 cm³/mol. The van der Waals surface area contributed by atoms with Gasteiger partial charge in [0, 0.05) is 12.1 Å². The van der Waals surface area contributed by atoms with Crippen molar-refractivity contribution in [2.24, 2.45) is 5.92 Å². The van der Waals surface area contributed by atoms with Crippen molar-refractivity contribution in [3.63, 3.8) is 0 Å². The highest BCUT2D eigenvalue weighted by atomic mass is 31.2. The Balaban J connectivity index is 1.26. The summed E-state index contributed by atoms with van der Waals surface area (Å²) in [4.78, 5) is 41.8. The van der Waals surface area contributed by atoms with E-state index in [4.69, 9.17) is 18.5 Å². The molecule has 1 fully saturated rings. The first-order valence-corrected chi connectivity index (χ1v) is 16.5. The van der Waals surface area contributed by atoms with E-state index in [2.05, 4.69) is 15.4 Å². The Hall–Kier alpha value is -4.01. The van der Waals surface area contributed by atoms with E-state index in [1.54, 1.807) is 32.0 Å². The molecule has 0 spiro atoms. The Morgan fingerprint density at radius 3 is 2.34 bits per heavy atom. The highest BCUT2D eigenvalue weighted by molar-refractivity contribution is 7.52. The largest absolute Gasteiger partial charge is 0.462 e. The molecule has 1 aliphatic heterocycles. The molecule has 3 unspecified atom stereocenters. The van der Waals surface area contributed by atoms with Crippen LogP contribution in [0.25, 0.3) is 0 Å². The van der Waals surface area contributed by atoms with Crippen LogP contribution < -0.4 is 20.6 Å². The summed E-state index contributed by atoms with van der Waals surface area (Å²) in [6, 6.07) is 15.4. The van der Waals surface area contributed by atoms with Gasteiger partial charge in [-0.3, -0.25) is 18.7 Å². The number of carbonyl (C=O) groups is 2. The molecule has 0 radical (unpaired) electrons. The zero-order valence-electron chi connectivity index (χ0n) is 25.7. The average Bonchev–Trinajstić information content (AvgIpc) is 3.55. The molecule has 1 aromatic heterocycles. The Labute approximate surface area is 268 Å². The van der Waals surface area contributed by atoms with Gasteiger partial charge in [0.15, 0.2) is 6.10 Å². The van der Waals surface area contributed by atoms with E-state index in [0.717, 1.165) is 17.3 Å². The third kappa shape index (κ3) is 7.94. The highest BCUT2D eigenvalue weighted by Crippen LogP contribution is 2.48. The summed E-state index contributed by atoms with van der Waals surface area (Å²) in [5.41, 5.74) is 0.930. The molecule has 16 heteroatoms. The maximum absolute atomic E-state index is 15.3. The van der Waals surface area contributed by atoms with Crippen LogP contribution in [0.3, 0.4) is 0 Å². The first-order valence-electron chi connectivity index (χ1n) is 14.9. The number of nitrogens with one attached hydrogen (secondary N) is 2. The van der Waals surface area contributed by atoms with E-state index in [9.17, 15) is 24.1 Å². The number of ether oxygens (including phenoxy) is 2. The molecule has 2 heterocycles. The molecule has 5 rings (SSSR count). The van der Waals surface area contributed by atoms with Crippen molar-refractivity contribution in [1.29, 1.82) is 0 Å². The number of benzene rings is 2. The predicted octanol–water partition coefficient (Wildman–Crippen LogP) is 3.62. The molecule has 13 nitrogen and oxygen atoms in total. The number of alkyl halides is 2. The van der Waals surface area contributed by atoms with Crippen LogP contribution in [0.2, 0.25) is 0 Å². The van der Waals surface area contributed by atoms with Crippen LogP contribution in [0.1, 0.15) is 38.1 Å². The first kappa shape index (κ1) is 34.3. The van der Waals surface area contributed by atoms with Crippen molar-refractivity contribution in [1.82, 2.24) is 14.6 Å². The second kappa shape index (κ2) is 14.0. The topological polar surface area (TPSA) is 167 Å². The summed E-state index contributed by atoms with van der Waals surface area (Å²) in [5.74, 6) is -5.61. The minimum Gasteiger partial charge on any atom is -0.462 e. The summed E-state index contributed by atoms with van der Waals surface area (Å²) in [6.07, 6.45) is -5.09. The van der Waals surface area contributed by atoms with Gasteiger partial charge < -0.3 is 24.4 Å². The normalized spacial score (nSPS) is 22.3. The molecule has 1 amide bonds. The molecular formula is C31H35F2N4O9P. The molecule has 0 saturated carbocycles. The number of hydrogen-bond donors (Lipinski definition) is 3. The van der Waals surface area contributed by atoms with Gasteiger partial charge >= 0.3 is 25.3 Å². The van der Waals surface area contributed by atoms with Crippen LogP contribution in [-0.4, -0.2) is 63.4 Å². The van der Waals surface area contributed by atoms with Gasteiger partial charge in [-0.1, -0.05) is 42.5 Å². The van der Waals surface area contributed by atoms with Crippen LogP contribution in [0.15, 0.2) is 71.7 Å². The number of aliphatic hydroxyl groups excluding tert-OH is 1. The molecule has 1 aliphatic carbocycles. The SMILES string of the molecule is CC(C)OC(=O)C(C)NP(=O)(OC[C@H]1OC(n2ccc(NC(=O)C3Cc4ccccc4C3)nc2=O)C(F)(F)[C@@H]1O)Oc1ccccc1. The molecule has 2 aromatic carbocycles. The summed E-state index contributed by atoms with van der Waals surface area (Å²) >= 11 is 0. The fraction of sp³-hybridized carbons (Fsp3) is 0.419. The van der Waals surface area contributed by atoms with Crippen LogP contribution in [0.4, 0.5) is 14.6 Å². The Morgan fingerprint density at radius 1 is 1.09 bits per heavy atom. The van der Waals surface area contributed by atoms with Crippen LogP contribution in [-0.2, 0) is 41.0 Å². The lowest BCUT2D eigenvalue weighted by Gasteiger charge is -2.25. The van der Waals surface area contributed by atoms with Crippen molar-refractivity contribution >= 4 is 25.4 Å². The minimum atomic E-state index is -4.47. The number of fused-ring (bicyclic) bond motifs is 1. The van der Waals surface area contributed by atoms with Gasteiger partial charge in [-0.05, 0) is 62.9 Å². The maximum Gasteiger partial charge on any atom is 0.459 e. The smallest absolute Gasteiger partial charge is 0.459 e. The third-order valence-corrected chi connectivity index (χ3v) is 9.21. The molecular weight excluding hydrogens is 641 g/mol. The fourth-order valence-corrected chi connectivity index (χ4v) is 6.75. The van der Waals surface area contributed by atoms with Gasteiger partial charge in [0.2, 0.25) is 12.1 Å². The first-order chi connectivity index (χ1) is 22.3. The van der Waals surface area contributed by atoms with E-state index in [-0.39, 0.29) is 23.4 Å². The van der Waals surface area contributed by atoms with Crippen LogP contribution in [0.5, 0.6) is 5.75 Å². The molecule has 2 aliphatic rings. The molecule has 3 aromatic rings. The summed E-state index contributed by atoms with van der Waals surface area (Å²) in [5, 5.41) is 15.5. The lowest BCUT2D eigenvalue weighted by atomic mass is 10.1. The van der Waals surface area contributed by atoms with E-state index in [1.165, 1.54) is 25.1 Å². The molecule has 252 valence electrons. The second-order valence-electron chi connectivity index (χ2n) is 11.5. The maximum atomic E-state index is 15.3. The molecule has 3 N–H and O–H groups in total. The van der Waals surface area contributed by atoms with Crippen molar-refractivity contribution in [2.75, 3.05) is 11.9 Å². The number of anilines is 1. The van der Waals surface area contributed by atoms with Crippen molar-refractivity contribution < 1.29 is 46.6 Å². The number of nitrogens with zero attached hydrogens (tertiary/aromatic N) is 2. The highest BCUT2D eigenvalue weighted by Gasteiger charge is 2.60. The number of para-hydroxylation sites is 1. The lowest BCUT2D eigenvalue weighted by Crippen LogP contribution is -2.42. The number of esters is 1. The summed E-state index contributed by atoms with van der Waals surface area (Å²) in [7, 11) is -4.47. The lowest BCUT2D eigenvalue weighted by molar-refractivity contribution is -0.149. The minimum absolute atomic E-state index is 0.0751. The molecule has 5 atom stereocenters. The van der Waals surface area contributed by atoms with Gasteiger partial charge in [-0.25, -0.2) is 9.36 Å². The number of aromatic nitrogens is 2. The van der Waals surface area contributed by atoms with E-state index in [1.807, 2.05) is 24.3 Å². The van der Waals surface area contributed by atoms with Gasteiger partial charge in [-0.15, -0.1) is 0 Å². The number of hydrogen-bond acceptors (Lipinski definition) is 10. The van der Waals surface area contributed by atoms with E-state index in [0.29, 0.717) is 17.4 Å². The molecule has 0 bridgehead atoms. The van der Waals surface area contributed by atoms with Crippen molar-refractivity contribution in [3.8, 4) is 5.75 Å². The number of carbonyl (C=O) groups excluding carboxylic acids is 2. The van der Waals surface area contributed by atoms with Gasteiger partial charge in [0.1, 0.15) is 23.7 Å². The third-order valence-electron chi connectivity index (χ3n) is 7.57. The number of halogens is 2. The zero-order chi connectivity index (χ0) is 33.9. The Kier molecular flexibility index (Phi) is 10.2. The number of rotatable bonds is 12. The van der Waals surface area contributed by atoms with Crippen LogP contribution >= 0.6 is 7.75 Å². The fourth-order valence-electron chi connectivity index (χ4n) is 5.25. The summed E-state index contributed by atoms with van der Waals surface area (Å²) in [6.45, 7) is 3.70. The number of aliphatic hydroxyl groups is 1. The van der Waals surface area contributed by atoms with Crippen molar-refractivity contribution in [2.45, 2.75) is 70.1 Å². The summed E-state index contributed by atoms with van der Waals surface area (Å²) < 4.78 is 66.2. The van der Waals surface area contributed by atoms with E-state index >= 15 is 8.78 Å².